The van der Waals surface area contributed by atoms with E-state index in [1.54, 1.807) is 23.1 Å². The molecule has 1 aromatic heterocycles. The molecule has 0 bridgehead atoms. The summed E-state index contributed by atoms with van der Waals surface area (Å²) in [7, 11) is 0. The molecule has 0 saturated carbocycles. The SMILES string of the molecule is Cc1ccc(N2C(c3ccc(Cl)cc3)=CS/C2=C(\C#N)c2nc3ccccc3s2)cc1. The van der Waals surface area contributed by atoms with Gasteiger partial charge in [-0.3, -0.25) is 0 Å². The van der Waals surface area contributed by atoms with E-state index in [0.29, 0.717) is 10.6 Å². The predicted octanol–water partition coefficient (Wildman–Crippen LogP) is 7.70. The Kier molecular flexibility index (Phi) is 5.29. The van der Waals surface area contributed by atoms with Gasteiger partial charge in [0.2, 0.25) is 0 Å². The van der Waals surface area contributed by atoms with Gasteiger partial charge in [0.05, 0.1) is 15.9 Å². The highest BCUT2D eigenvalue weighted by Crippen LogP contribution is 2.46. The third kappa shape index (κ3) is 3.75. The highest BCUT2D eigenvalue weighted by atomic mass is 35.5. The third-order valence-corrected chi connectivity index (χ3v) is 7.25. The quantitative estimate of drug-likeness (QED) is 0.295. The Bertz CT molecular complexity index is 1340. The number of allylic oxidation sites excluding steroid dienone is 1. The maximum absolute atomic E-state index is 10.1. The summed E-state index contributed by atoms with van der Waals surface area (Å²) < 4.78 is 1.07. The monoisotopic (exact) mass is 457 g/mol. The molecule has 3 nitrogen and oxygen atoms in total. The van der Waals surface area contributed by atoms with Gasteiger partial charge in [0.1, 0.15) is 21.7 Å². The molecule has 5 rings (SSSR count). The Balaban J connectivity index is 1.68. The van der Waals surface area contributed by atoms with Crippen LogP contribution in [0.1, 0.15) is 16.1 Å². The minimum atomic E-state index is 0.576. The number of anilines is 1. The van der Waals surface area contributed by atoms with Crippen LogP contribution in [0, 0.1) is 18.3 Å². The van der Waals surface area contributed by atoms with Crippen molar-refractivity contribution in [1.82, 2.24) is 4.98 Å². The molecule has 0 N–H and O–H groups in total. The van der Waals surface area contributed by atoms with Crippen LogP contribution in [0.25, 0.3) is 21.5 Å². The van der Waals surface area contributed by atoms with Crippen molar-refractivity contribution >= 4 is 61.9 Å². The molecule has 31 heavy (non-hydrogen) atoms. The van der Waals surface area contributed by atoms with Gasteiger partial charge in [0.15, 0.2) is 0 Å². The number of hydrogen-bond acceptors (Lipinski definition) is 5. The van der Waals surface area contributed by atoms with Gasteiger partial charge >= 0.3 is 0 Å². The van der Waals surface area contributed by atoms with Crippen molar-refractivity contribution in [3.8, 4) is 6.07 Å². The fraction of sp³-hybridized carbons (Fsp3) is 0.0400. The number of benzene rings is 3. The Morgan fingerprint density at radius 3 is 2.45 bits per heavy atom. The van der Waals surface area contributed by atoms with Crippen molar-refractivity contribution < 1.29 is 0 Å². The lowest BCUT2D eigenvalue weighted by atomic mass is 10.1. The lowest BCUT2D eigenvalue weighted by Crippen LogP contribution is -2.16. The zero-order valence-electron chi connectivity index (χ0n) is 16.5. The van der Waals surface area contributed by atoms with Gasteiger partial charge in [-0.05, 0) is 48.9 Å². The van der Waals surface area contributed by atoms with E-state index in [4.69, 9.17) is 16.6 Å². The van der Waals surface area contributed by atoms with Gasteiger partial charge in [-0.1, -0.05) is 65.3 Å². The van der Waals surface area contributed by atoms with Crippen molar-refractivity contribution in [2.75, 3.05) is 4.90 Å². The van der Waals surface area contributed by atoms with Gasteiger partial charge in [0, 0.05) is 16.1 Å². The summed E-state index contributed by atoms with van der Waals surface area (Å²) in [5, 5.41) is 14.5. The second-order valence-corrected chi connectivity index (χ2v) is 9.40. The molecular weight excluding hydrogens is 442 g/mol. The largest absolute Gasteiger partial charge is 0.302 e. The van der Waals surface area contributed by atoms with Crippen molar-refractivity contribution in [3.05, 3.63) is 104 Å². The molecule has 6 heteroatoms. The van der Waals surface area contributed by atoms with Gasteiger partial charge in [0.25, 0.3) is 0 Å². The summed E-state index contributed by atoms with van der Waals surface area (Å²) in [6, 6.07) is 26.5. The number of hydrogen-bond donors (Lipinski definition) is 0. The zero-order chi connectivity index (χ0) is 21.4. The van der Waals surface area contributed by atoms with Crippen LogP contribution in [0.5, 0.6) is 0 Å². The van der Waals surface area contributed by atoms with Gasteiger partial charge < -0.3 is 4.90 Å². The van der Waals surface area contributed by atoms with Crippen LogP contribution >= 0.6 is 34.7 Å². The molecule has 1 aliphatic rings. The fourth-order valence-corrected chi connectivity index (χ4v) is 5.62. The van der Waals surface area contributed by atoms with Crippen LogP contribution in [0.3, 0.4) is 0 Å². The minimum absolute atomic E-state index is 0.576. The second-order valence-electron chi connectivity index (χ2n) is 7.08. The number of nitrogens with zero attached hydrogens (tertiary/aromatic N) is 3. The molecule has 4 aromatic rings. The Morgan fingerprint density at radius 1 is 1.00 bits per heavy atom. The number of rotatable bonds is 3. The third-order valence-electron chi connectivity index (χ3n) is 4.99. The van der Waals surface area contributed by atoms with Crippen LogP contribution in [0.2, 0.25) is 5.02 Å². The van der Waals surface area contributed by atoms with Crippen molar-refractivity contribution in [1.29, 1.82) is 5.26 Å². The van der Waals surface area contributed by atoms with E-state index in [0.717, 1.165) is 37.2 Å². The molecule has 3 aromatic carbocycles. The topological polar surface area (TPSA) is 39.9 Å². The molecule has 0 aliphatic carbocycles. The van der Waals surface area contributed by atoms with Crippen molar-refractivity contribution in [2.24, 2.45) is 0 Å². The van der Waals surface area contributed by atoms with Gasteiger partial charge in [-0.15, -0.1) is 11.3 Å². The first kappa shape index (κ1) is 19.9. The van der Waals surface area contributed by atoms with Gasteiger partial charge in [-0.25, -0.2) is 4.98 Å². The molecule has 1 aliphatic heterocycles. The summed E-state index contributed by atoms with van der Waals surface area (Å²) in [5.41, 5.74) is 5.72. The first-order valence-corrected chi connectivity index (χ1v) is 11.7. The Labute approximate surface area is 193 Å². The lowest BCUT2D eigenvalue weighted by Gasteiger charge is -2.24. The van der Waals surface area contributed by atoms with E-state index >= 15 is 0 Å². The van der Waals surface area contributed by atoms with Crippen LogP contribution < -0.4 is 4.90 Å². The van der Waals surface area contributed by atoms with E-state index < -0.39 is 0 Å². The van der Waals surface area contributed by atoms with E-state index in [1.807, 2.05) is 48.5 Å². The number of thioether (sulfide) groups is 1. The smallest absolute Gasteiger partial charge is 0.137 e. The highest BCUT2D eigenvalue weighted by Gasteiger charge is 2.29. The zero-order valence-corrected chi connectivity index (χ0v) is 18.9. The standard InChI is InChI=1S/C25H16ClN3S2/c1-16-6-12-19(13-7-16)29-22(17-8-10-18(26)11-9-17)15-30-25(29)20(14-27)24-28-21-4-2-3-5-23(21)31-24/h2-13,15H,1H3/b25-20+. The van der Waals surface area contributed by atoms with E-state index in [2.05, 4.69) is 47.6 Å². The molecule has 0 radical (unpaired) electrons. The second kappa shape index (κ2) is 8.24. The number of nitriles is 1. The Hall–Kier alpha value is -3.04. The molecule has 0 saturated heterocycles. The molecule has 2 heterocycles. The van der Waals surface area contributed by atoms with Crippen LogP contribution in [-0.2, 0) is 0 Å². The number of fused-ring (bicyclic) bond motifs is 1. The highest BCUT2D eigenvalue weighted by molar-refractivity contribution is 8.06. The average molecular weight is 458 g/mol. The molecule has 0 amide bonds. The van der Waals surface area contributed by atoms with Gasteiger partial charge in [-0.2, -0.15) is 5.26 Å². The first-order valence-electron chi connectivity index (χ1n) is 9.64. The summed E-state index contributed by atoms with van der Waals surface area (Å²) in [5.74, 6) is 0. The molecule has 0 atom stereocenters. The van der Waals surface area contributed by atoms with E-state index in [1.165, 1.54) is 5.56 Å². The summed E-state index contributed by atoms with van der Waals surface area (Å²) >= 11 is 9.20. The normalized spacial score (nSPS) is 15.1. The van der Waals surface area contributed by atoms with Crippen molar-refractivity contribution in [2.45, 2.75) is 6.92 Å². The van der Waals surface area contributed by atoms with E-state index in [-0.39, 0.29) is 0 Å². The fourth-order valence-electron chi connectivity index (χ4n) is 3.43. The molecule has 0 spiro atoms. The molecule has 0 fully saturated rings. The Morgan fingerprint density at radius 2 is 1.74 bits per heavy atom. The number of aryl methyl sites for hydroxylation is 1. The molecule has 0 unspecified atom stereocenters. The molecular formula is C25H16ClN3S2. The number of thiazole rings is 1. The van der Waals surface area contributed by atoms with Crippen molar-refractivity contribution in [3.63, 3.8) is 0 Å². The summed E-state index contributed by atoms with van der Waals surface area (Å²) in [6.45, 7) is 2.07. The van der Waals surface area contributed by atoms with Crippen LogP contribution in [-0.4, -0.2) is 4.98 Å². The summed E-state index contributed by atoms with van der Waals surface area (Å²) in [6.07, 6.45) is 0. The van der Waals surface area contributed by atoms with E-state index in [9.17, 15) is 5.26 Å². The summed E-state index contributed by atoms with van der Waals surface area (Å²) in [4.78, 5) is 6.87. The number of para-hydroxylation sites is 1. The first-order chi connectivity index (χ1) is 15.1. The average Bonchev–Trinajstić information content (AvgIpc) is 3.40. The maximum atomic E-state index is 10.1. The van der Waals surface area contributed by atoms with Crippen LogP contribution in [0.15, 0.2) is 83.2 Å². The molecule has 150 valence electrons. The number of halogens is 1. The minimum Gasteiger partial charge on any atom is -0.302 e. The number of aromatic nitrogens is 1. The lowest BCUT2D eigenvalue weighted by molar-refractivity contribution is 1.27. The maximum Gasteiger partial charge on any atom is 0.137 e. The predicted molar refractivity (Wildman–Crippen MR) is 133 cm³/mol. The van der Waals surface area contributed by atoms with Crippen LogP contribution in [0.4, 0.5) is 5.69 Å².